The summed E-state index contributed by atoms with van der Waals surface area (Å²) in [5.41, 5.74) is 1.10. The van der Waals surface area contributed by atoms with Crippen LogP contribution in [-0.4, -0.2) is 29.2 Å². The van der Waals surface area contributed by atoms with E-state index in [4.69, 9.17) is 4.84 Å². The van der Waals surface area contributed by atoms with E-state index in [1.54, 1.807) is 23.1 Å². The summed E-state index contributed by atoms with van der Waals surface area (Å²) in [5, 5.41) is 3.99. The molecule has 0 spiro atoms. The van der Waals surface area contributed by atoms with Crippen molar-refractivity contribution in [2.45, 2.75) is 38.3 Å². The van der Waals surface area contributed by atoms with E-state index in [2.05, 4.69) is 5.16 Å². The van der Waals surface area contributed by atoms with Crippen molar-refractivity contribution < 1.29 is 22.8 Å². The lowest BCUT2D eigenvalue weighted by atomic mass is 9.84. The molecule has 0 radical (unpaired) electrons. The van der Waals surface area contributed by atoms with Gasteiger partial charge in [-0.15, -0.1) is 0 Å². The fourth-order valence-electron chi connectivity index (χ4n) is 3.63. The van der Waals surface area contributed by atoms with Gasteiger partial charge >= 0.3 is 0 Å². The van der Waals surface area contributed by atoms with Crippen LogP contribution >= 0.6 is 0 Å². The van der Waals surface area contributed by atoms with Crippen LogP contribution in [0.25, 0.3) is 0 Å². The molecule has 1 aliphatic carbocycles. The van der Waals surface area contributed by atoms with Crippen LogP contribution in [-0.2, 0) is 16.2 Å². The second-order valence-electron chi connectivity index (χ2n) is 7.53. The van der Waals surface area contributed by atoms with Crippen LogP contribution in [0.3, 0.4) is 0 Å². The fraction of sp³-hybridized carbons (Fsp3) is 0.364. The van der Waals surface area contributed by atoms with Gasteiger partial charge in [0.05, 0.1) is 12.3 Å². The summed E-state index contributed by atoms with van der Waals surface area (Å²) in [6.45, 7) is 0.226. The monoisotopic (exact) mass is 402 g/mol. The van der Waals surface area contributed by atoms with Gasteiger partial charge in [-0.05, 0) is 25.0 Å². The lowest BCUT2D eigenvalue weighted by Gasteiger charge is -2.32. The Bertz CT molecular complexity index is 943. The largest absolute Gasteiger partial charge is 0.390 e. The molecule has 0 bridgehead atoms. The summed E-state index contributed by atoms with van der Waals surface area (Å²) in [5.74, 6) is -1.88. The highest BCUT2D eigenvalue weighted by Gasteiger charge is 2.33. The number of carbonyl (C=O) groups is 1. The Labute approximate surface area is 167 Å². The number of halogens is 3. The van der Waals surface area contributed by atoms with Gasteiger partial charge in [-0.25, -0.2) is 13.2 Å². The first-order valence-electron chi connectivity index (χ1n) is 9.71. The molecular formula is C22H21F3N2O2. The van der Waals surface area contributed by atoms with Crippen LogP contribution < -0.4 is 0 Å². The summed E-state index contributed by atoms with van der Waals surface area (Å²) in [6, 6.07) is 9.64. The van der Waals surface area contributed by atoms with Crippen molar-refractivity contribution >= 4 is 11.6 Å². The van der Waals surface area contributed by atoms with Crippen molar-refractivity contribution in [1.82, 2.24) is 4.90 Å². The third kappa shape index (κ3) is 4.28. The minimum Gasteiger partial charge on any atom is -0.390 e. The Kier molecular flexibility index (Phi) is 5.56. The number of nitrogens with zero attached hydrogens (tertiary/aromatic N) is 2. The van der Waals surface area contributed by atoms with Gasteiger partial charge in [0.1, 0.15) is 17.5 Å². The van der Waals surface area contributed by atoms with E-state index in [9.17, 15) is 18.0 Å². The van der Waals surface area contributed by atoms with Gasteiger partial charge in [-0.3, -0.25) is 4.79 Å². The van der Waals surface area contributed by atoms with Gasteiger partial charge in [-0.1, -0.05) is 35.8 Å². The Hall–Kier alpha value is -2.83. The van der Waals surface area contributed by atoms with Crippen molar-refractivity contribution in [3.05, 3.63) is 71.0 Å². The molecule has 1 atom stereocenters. The van der Waals surface area contributed by atoms with Crippen molar-refractivity contribution in [3.63, 3.8) is 0 Å². The molecule has 1 unspecified atom stereocenters. The van der Waals surface area contributed by atoms with E-state index < -0.39 is 17.7 Å². The predicted octanol–water partition coefficient (Wildman–Crippen LogP) is 4.43. The maximum absolute atomic E-state index is 14.1. The van der Waals surface area contributed by atoms with Gasteiger partial charge in [-0.2, -0.15) is 0 Å². The molecule has 1 saturated carbocycles. The molecule has 29 heavy (non-hydrogen) atoms. The van der Waals surface area contributed by atoms with Crippen LogP contribution in [0.15, 0.2) is 47.6 Å². The van der Waals surface area contributed by atoms with Crippen LogP contribution in [0, 0.1) is 23.4 Å². The van der Waals surface area contributed by atoms with E-state index in [1.807, 2.05) is 0 Å². The quantitative estimate of drug-likeness (QED) is 0.718. The van der Waals surface area contributed by atoms with Gasteiger partial charge < -0.3 is 9.74 Å². The molecule has 0 aromatic heterocycles. The second-order valence-corrected chi connectivity index (χ2v) is 7.53. The summed E-state index contributed by atoms with van der Waals surface area (Å²) < 4.78 is 41.4. The Balaban J connectivity index is 1.47. The van der Waals surface area contributed by atoms with E-state index in [-0.39, 0.29) is 36.3 Å². The highest BCUT2D eigenvalue weighted by Crippen LogP contribution is 2.30. The number of rotatable bonds is 6. The SMILES string of the molecule is O=C(C1CCC1)N(Cc1ccc(F)cc1F)CC1CC(c2ccccc2F)=NO1. The standard InChI is InChI=1S/C22H21F3N2O2/c23-16-9-8-15(20(25)10-16)12-27(22(28)14-4-3-5-14)13-17-11-21(26-29-17)18-6-1-2-7-19(18)24/h1-2,6-10,14,17H,3-5,11-13H2. The molecular weight excluding hydrogens is 381 g/mol. The Morgan fingerprint density at radius 1 is 1.10 bits per heavy atom. The van der Waals surface area contributed by atoms with E-state index >= 15 is 0 Å². The average molecular weight is 402 g/mol. The van der Waals surface area contributed by atoms with E-state index in [0.717, 1.165) is 25.3 Å². The highest BCUT2D eigenvalue weighted by molar-refractivity contribution is 6.01. The molecule has 1 amide bonds. The first-order valence-corrected chi connectivity index (χ1v) is 9.71. The van der Waals surface area contributed by atoms with Crippen LogP contribution in [0.4, 0.5) is 13.2 Å². The minimum absolute atomic E-state index is 0.0241. The van der Waals surface area contributed by atoms with Crippen molar-refractivity contribution in [3.8, 4) is 0 Å². The zero-order valence-corrected chi connectivity index (χ0v) is 15.8. The smallest absolute Gasteiger partial charge is 0.226 e. The summed E-state index contributed by atoms with van der Waals surface area (Å²) in [7, 11) is 0. The summed E-state index contributed by atoms with van der Waals surface area (Å²) in [4.78, 5) is 19.9. The number of hydrogen-bond acceptors (Lipinski definition) is 3. The first-order chi connectivity index (χ1) is 14.0. The third-order valence-corrected chi connectivity index (χ3v) is 5.48. The molecule has 1 heterocycles. The number of hydrogen-bond donors (Lipinski definition) is 0. The van der Waals surface area contributed by atoms with Gasteiger partial charge in [0.25, 0.3) is 0 Å². The molecule has 2 aromatic carbocycles. The lowest BCUT2D eigenvalue weighted by molar-refractivity contribution is -0.140. The topological polar surface area (TPSA) is 41.9 Å². The zero-order chi connectivity index (χ0) is 20.4. The molecule has 0 saturated heterocycles. The van der Waals surface area contributed by atoms with Crippen molar-refractivity contribution in [1.29, 1.82) is 0 Å². The van der Waals surface area contributed by atoms with E-state index in [1.165, 1.54) is 18.2 Å². The molecule has 1 fully saturated rings. The van der Waals surface area contributed by atoms with Crippen LogP contribution in [0.5, 0.6) is 0 Å². The highest BCUT2D eigenvalue weighted by atomic mass is 19.1. The minimum atomic E-state index is -0.688. The second kappa shape index (κ2) is 8.27. The summed E-state index contributed by atoms with van der Waals surface area (Å²) in [6.07, 6.45) is 2.52. The fourth-order valence-corrected chi connectivity index (χ4v) is 3.63. The van der Waals surface area contributed by atoms with Gasteiger partial charge in [0.15, 0.2) is 6.10 Å². The van der Waals surface area contributed by atoms with Crippen LogP contribution in [0.1, 0.15) is 36.8 Å². The maximum atomic E-state index is 14.1. The van der Waals surface area contributed by atoms with Gasteiger partial charge in [0.2, 0.25) is 5.91 Å². The predicted molar refractivity (Wildman–Crippen MR) is 102 cm³/mol. The molecule has 7 heteroatoms. The molecule has 4 nitrogen and oxygen atoms in total. The van der Waals surface area contributed by atoms with Gasteiger partial charge in [0, 0.05) is 36.1 Å². The van der Waals surface area contributed by atoms with Crippen molar-refractivity contribution in [2.75, 3.05) is 6.54 Å². The molecule has 2 aromatic rings. The van der Waals surface area contributed by atoms with E-state index in [0.29, 0.717) is 17.7 Å². The maximum Gasteiger partial charge on any atom is 0.226 e. The number of benzene rings is 2. The molecule has 152 valence electrons. The molecule has 0 N–H and O–H groups in total. The molecule has 2 aliphatic rings. The Morgan fingerprint density at radius 2 is 1.90 bits per heavy atom. The number of carbonyl (C=O) groups excluding carboxylic acids is 1. The Morgan fingerprint density at radius 3 is 2.59 bits per heavy atom. The third-order valence-electron chi connectivity index (χ3n) is 5.48. The number of oxime groups is 1. The average Bonchev–Trinajstić information content (AvgIpc) is 3.10. The van der Waals surface area contributed by atoms with Crippen LogP contribution in [0.2, 0.25) is 0 Å². The number of amides is 1. The van der Waals surface area contributed by atoms with Crippen molar-refractivity contribution in [2.24, 2.45) is 11.1 Å². The normalized spacial score (nSPS) is 18.7. The zero-order valence-electron chi connectivity index (χ0n) is 15.8. The molecule has 1 aliphatic heterocycles. The lowest BCUT2D eigenvalue weighted by Crippen LogP contribution is -2.42. The first kappa shape index (κ1) is 19.5. The molecule has 4 rings (SSSR count). The summed E-state index contributed by atoms with van der Waals surface area (Å²) >= 11 is 0.